The van der Waals surface area contributed by atoms with Crippen molar-refractivity contribution in [3.8, 4) is 0 Å². The van der Waals surface area contributed by atoms with Crippen molar-refractivity contribution in [2.24, 2.45) is 0 Å². The van der Waals surface area contributed by atoms with Crippen molar-refractivity contribution in [2.45, 2.75) is 31.0 Å². The van der Waals surface area contributed by atoms with Crippen LogP contribution in [0.15, 0.2) is 16.3 Å². The summed E-state index contributed by atoms with van der Waals surface area (Å²) in [7, 11) is -2.85. The number of carbonyl (C=O) groups is 2. The first kappa shape index (κ1) is 24.2. The molecule has 0 fully saturated rings. The van der Waals surface area contributed by atoms with Gasteiger partial charge in [0.05, 0.1) is 24.8 Å². The van der Waals surface area contributed by atoms with Crippen LogP contribution in [0.2, 0.25) is 0 Å². The van der Waals surface area contributed by atoms with E-state index in [1.54, 1.807) is 13.8 Å². The van der Waals surface area contributed by atoms with Crippen LogP contribution < -0.4 is 0 Å². The quantitative estimate of drug-likeness (QED) is 0.459. The van der Waals surface area contributed by atoms with E-state index in [2.05, 4.69) is 0 Å². The van der Waals surface area contributed by atoms with E-state index in [0.717, 1.165) is 18.4 Å². The number of ether oxygens (including phenoxy) is 1. The molecule has 1 aliphatic heterocycles. The smallest absolute Gasteiger partial charge is 0.340 e. The Morgan fingerprint density at radius 2 is 1.75 bits per heavy atom. The minimum Gasteiger partial charge on any atom is -0.465 e. The van der Waals surface area contributed by atoms with E-state index in [9.17, 15) is 31.2 Å². The maximum atomic E-state index is 14.1. The van der Waals surface area contributed by atoms with Gasteiger partial charge in [0.2, 0.25) is 0 Å². The fourth-order valence-corrected chi connectivity index (χ4v) is 7.08. The molecule has 1 aromatic carbocycles. The summed E-state index contributed by atoms with van der Waals surface area (Å²) in [5.41, 5.74) is -0.249. The number of carbonyl (C=O) groups excluding carboxylic acids is 2. The van der Waals surface area contributed by atoms with Crippen molar-refractivity contribution in [3.05, 3.63) is 51.2 Å². The van der Waals surface area contributed by atoms with Crippen LogP contribution in [0.4, 0.5) is 13.2 Å². The van der Waals surface area contributed by atoms with Gasteiger partial charge in [-0.15, -0.1) is 11.3 Å². The van der Waals surface area contributed by atoms with Crippen molar-refractivity contribution in [1.29, 1.82) is 0 Å². The van der Waals surface area contributed by atoms with E-state index in [1.807, 2.05) is 0 Å². The highest BCUT2D eigenvalue weighted by atomic mass is 32.2. The van der Waals surface area contributed by atoms with Gasteiger partial charge in [0, 0.05) is 30.6 Å². The van der Waals surface area contributed by atoms with Crippen molar-refractivity contribution in [2.75, 3.05) is 26.7 Å². The number of hydrogen-bond acceptors (Lipinski definition) is 6. The Labute approximate surface area is 187 Å². The SMILES string of the molecule is CCN(CC)S(=O)(=O)c1sc2c(c1C(=O)OC)CCN(C(=O)c1cc(F)c(F)cc1F)C2. The molecule has 2 heterocycles. The van der Waals surface area contributed by atoms with Gasteiger partial charge in [-0.1, -0.05) is 13.8 Å². The summed E-state index contributed by atoms with van der Waals surface area (Å²) in [6.07, 6.45) is 0.112. The fraction of sp³-hybridized carbons (Fsp3) is 0.400. The predicted octanol–water partition coefficient (Wildman–Crippen LogP) is 3.18. The second-order valence-electron chi connectivity index (χ2n) is 6.97. The van der Waals surface area contributed by atoms with E-state index in [-0.39, 0.29) is 42.4 Å². The molecule has 0 unspecified atom stereocenters. The van der Waals surface area contributed by atoms with Gasteiger partial charge in [0.25, 0.3) is 15.9 Å². The number of hydrogen-bond donors (Lipinski definition) is 0. The van der Waals surface area contributed by atoms with Crippen LogP contribution >= 0.6 is 11.3 Å². The van der Waals surface area contributed by atoms with Gasteiger partial charge in [0.15, 0.2) is 11.6 Å². The summed E-state index contributed by atoms with van der Waals surface area (Å²) in [6.45, 7) is 3.64. The Hall–Kier alpha value is -2.44. The average Bonchev–Trinajstić information content (AvgIpc) is 3.15. The average molecular weight is 491 g/mol. The highest BCUT2D eigenvalue weighted by Gasteiger charge is 2.37. The predicted molar refractivity (Wildman–Crippen MR) is 111 cm³/mol. The van der Waals surface area contributed by atoms with E-state index < -0.39 is 44.9 Å². The lowest BCUT2D eigenvalue weighted by molar-refractivity contribution is 0.0595. The van der Waals surface area contributed by atoms with Crippen molar-refractivity contribution < 1.29 is 35.9 Å². The first-order valence-corrected chi connectivity index (χ1v) is 12.0. The van der Waals surface area contributed by atoms with Crippen LogP contribution in [0.1, 0.15) is 45.0 Å². The largest absolute Gasteiger partial charge is 0.465 e. The molecule has 2 aromatic rings. The Morgan fingerprint density at radius 3 is 2.34 bits per heavy atom. The van der Waals surface area contributed by atoms with Gasteiger partial charge >= 0.3 is 5.97 Å². The van der Waals surface area contributed by atoms with Gasteiger partial charge in [-0.05, 0) is 18.1 Å². The van der Waals surface area contributed by atoms with E-state index in [4.69, 9.17) is 4.74 Å². The highest BCUT2D eigenvalue weighted by Crippen LogP contribution is 2.38. The molecule has 1 amide bonds. The van der Waals surface area contributed by atoms with Crippen LogP contribution in [0.5, 0.6) is 0 Å². The number of thiophene rings is 1. The molecule has 0 atom stereocenters. The van der Waals surface area contributed by atoms with E-state index in [1.165, 1.54) is 9.21 Å². The third-order valence-electron chi connectivity index (χ3n) is 5.22. The molecule has 0 spiro atoms. The summed E-state index contributed by atoms with van der Waals surface area (Å²) in [6, 6.07) is 0.792. The second kappa shape index (κ2) is 9.20. The normalized spacial score (nSPS) is 13.9. The van der Waals surface area contributed by atoms with Gasteiger partial charge < -0.3 is 9.64 Å². The Kier molecular flexibility index (Phi) is 6.96. The second-order valence-corrected chi connectivity index (χ2v) is 10.2. The Bertz CT molecular complexity index is 1180. The van der Waals surface area contributed by atoms with Gasteiger partial charge in [0.1, 0.15) is 10.0 Å². The van der Waals surface area contributed by atoms with Crippen LogP contribution in [-0.4, -0.2) is 56.2 Å². The lowest BCUT2D eigenvalue weighted by atomic mass is 10.0. The number of methoxy groups -OCH3 is 1. The fourth-order valence-electron chi connectivity index (χ4n) is 3.58. The summed E-state index contributed by atoms with van der Waals surface area (Å²) < 4.78 is 72.9. The zero-order chi connectivity index (χ0) is 23.8. The topological polar surface area (TPSA) is 84.0 Å². The zero-order valence-electron chi connectivity index (χ0n) is 17.6. The number of sulfonamides is 1. The molecule has 12 heteroatoms. The number of rotatable bonds is 6. The number of nitrogens with zero attached hydrogens (tertiary/aromatic N) is 2. The molecule has 0 N–H and O–H groups in total. The minimum atomic E-state index is -3.99. The number of halogens is 3. The van der Waals surface area contributed by atoms with Crippen molar-refractivity contribution in [1.82, 2.24) is 9.21 Å². The molecule has 174 valence electrons. The standard InChI is InChI=1S/C20H21F3N2O5S2/c1-4-25(5-2)32(28,29)20-17(19(27)30-3)11-6-7-24(10-16(11)31-20)18(26)12-8-14(22)15(23)9-13(12)21/h8-9H,4-7,10H2,1-3H3. The molecule has 0 saturated carbocycles. The molecule has 0 saturated heterocycles. The molecular formula is C20H21F3N2O5S2. The number of benzene rings is 1. The zero-order valence-corrected chi connectivity index (χ0v) is 19.2. The Balaban J connectivity index is 2.03. The molecule has 1 aromatic heterocycles. The summed E-state index contributed by atoms with van der Waals surface area (Å²) in [4.78, 5) is 26.8. The first-order valence-electron chi connectivity index (χ1n) is 9.73. The van der Waals surface area contributed by atoms with Crippen LogP contribution in [0.25, 0.3) is 0 Å². The molecule has 0 aliphatic carbocycles. The summed E-state index contributed by atoms with van der Waals surface area (Å²) in [5.74, 6) is -5.64. The number of fused-ring (bicyclic) bond motifs is 1. The molecular weight excluding hydrogens is 469 g/mol. The molecule has 32 heavy (non-hydrogen) atoms. The summed E-state index contributed by atoms with van der Waals surface area (Å²) >= 11 is 0.846. The number of esters is 1. The maximum absolute atomic E-state index is 14.1. The van der Waals surface area contributed by atoms with Crippen molar-refractivity contribution in [3.63, 3.8) is 0 Å². The molecule has 1 aliphatic rings. The van der Waals surface area contributed by atoms with E-state index >= 15 is 0 Å². The van der Waals surface area contributed by atoms with Gasteiger partial charge in [-0.3, -0.25) is 4.79 Å². The lowest BCUT2D eigenvalue weighted by Crippen LogP contribution is -2.36. The highest BCUT2D eigenvalue weighted by molar-refractivity contribution is 7.91. The lowest BCUT2D eigenvalue weighted by Gasteiger charge is -2.27. The third kappa shape index (κ3) is 4.14. The molecule has 0 radical (unpaired) electrons. The minimum absolute atomic E-state index is 0.0236. The molecule has 3 rings (SSSR count). The van der Waals surface area contributed by atoms with Gasteiger partial charge in [-0.2, -0.15) is 4.31 Å². The first-order chi connectivity index (χ1) is 15.1. The third-order valence-corrected chi connectivity index (χ3v) is 8.98. The number of amides is 1. The van der Waals surface area contributed by atoms with Crippen LogP contribution in [0, 0.1) is 17.5 Å². The molecule has 0 bridgehead atoms. The van der Waals surface area contributed by atoms with Crippen LogP contribution in [-0.2, 0) is 27.7 Å². The van der Waals surface area contributed by atoms with Gasteiger partial charge in [-0.25, -0.2) is 26.4 Å². The van der Waals surface area contributed by atoms with Crippen molar-refractivity contribution >= 4 is 33.2 Å². The van der Waals surface area contributed by atoms with E-state index in [0.29, 0.717) is 22.6 Å². The maximum Gasteiger partial charge on any atom is 0.340 e. The Morgan fingerprint density at radius 1 is 1.12 bits per heavy atom. The summed E-state index contributed by atoms with van der Waals surface area (Å²) in [5, 5.41) is 0. The van der Waals surface area contributed by atoms with Crippen LogP contribution in [0.3, 0.4) is 0 Å². The molecule has 7 nitrogen and oxygen atoms in total. The monoisotopic (exact) mass is 490 g/mol.